The van der Waals surface area contributed by atoms with Crippen molar-refractivity contribution in [2.24, 2.45) is 0 Å². The van der Waals surface area contributed by atoms with Gasteiger partial charge in [0.2, 0.25) is 0 Å². The van der Waals surface area contributed by atoms with Crippen LogP contribution < -0.4 is 5.73 Å². The number of ether oxygens (including phenoxy) is 1. The summed E-state index contributed by atoms with van der Waals surface area (Å²) in [6, 6.07) is 4.08. The highest BCUT2D eigenvalue weighted by Crippen LogP contribution is 2.23. The van der Waals surface area contributed by atoms with Gasteiger partial charge < -0.3 is 10.5 Å². The van der Waals surface area contributed by atoms with Gasteiger partial charge in [0.1, 0.15) is 16.5 Å². The third-order valence-corrected chi connectivity index (χ3v) is 3.72. The van der Waals surface area contributed by atoms with Gasteiger partial charge in [-0.3, -0.25) is 4.90 Å². The van der Waals surface area contributed by atoms with Crippen LogP contribution in [0, 0.1) is 11.3 Å². The highest BCUT2D eigenvalue weighted by molar-refractivity contribution is 7.16. The SMILES string of the molecule is COCCN(CCC#N)Cc1nc(N)c2ccsc2n1. The first-order chi connectivity index (χ1) is 9.74. The molecule has 7 heteroatoms. The van der Waals surface area contributed by atoms with Crippen LogP contribution in [0.25, 0.3) is 10.2 Å². The van der Waals surface area contributed by atoms with Crippen molar-refractivity contribution in [1.82, 2.24) is 14.9 Å². The molecule has 2 rings (SSSR count). The van der Waals surface area contributed by atoms with Crippen LogP contribution >= 0.6 is 11.3 Å². The monoisotopic (exact) mass is 291 g/mol. The maximum atomic E-state index is 8.71. The lowest BCUT2D eigenvalue weighted by molar-refractivity contribution is 0.144. The number of anilines is 1. The summed E-state index contributed by atoms with van der Waals surface area (Å²) in [5.74, 6) is 1.20. The first kappa shape index (κ1) is 14.7. The predicted octanol–water partition coefficient (Wildman–Crippen LogP) is 1.64. The molecule has 20 heavy (non-hydrogen) atoms. The number of hydrogen-bond donors (Lipinski definition) is 1. The number of thiophene rings is 1. The first-order valence-electron chi connectivity index (χ1n) is 6.32. The molecule has 0 aromatic carbocycles. The van der Waals surface area contributed by atoms with E-state index in [9.17, 15) is 0 Å². The van der Waals surface area contributed by atoms with Gasteiger partial charge in [0, 0.05) is 26.6 Å². The van der Waals surface area contributed by atoms with Crippen LogP contribution in [0.15, 0.2) is 11.4 Å². The Morgan fingerprint density at radius 2 is 2.30 bits per heavy atom. The van der Waals surface area contributed by atoms with Gasteiger partial charge in [-0.25, -0.2) is 9.97 Å². The van der Waals surface area contributed by atoms with E-state index >= 15 is 0 Å². The van der Waals surface area contributed by atoms with Crippen LogP contribution in [0.3, 0.4) is 0 Å². The number of hydrogen-bond acceptors (Lipinski definition) is 7. The molecule has 2 aromatic rings. The van der Waals surface area contributed by atoms with E-state index in [0.29, 0.717) is 37.8 Å². The van der Waals surface area contributed by atoms with Crippen LogP contribution in [0.2, 0.25) is 0 Å². The molecule has 0 radical (unpaired) electrons. The molecule has 0 amide bonds. The van der Waals surface area contributed by atoms with E-state index in [1.165, 1.54) is 0 Å². The predicted molar refractivity (Wildman–Crippen MR) is 79.2 cm³/mol. The number of methoxy groups -OCH3 is 1. The Morgan fingerprint density at radius 1 is 1.45 bits per heavy atom. The van der Waals surface area contributed by atoms with E-state index in [-0.39, 0.29) is 0 Å². The molecule has 0 saturated heterocycles. The zero-order valence-corrected chi connectivity index (χ0v) is 12.2. The van der Waals surface area contributed by atoms with Gasteiger partial charge in [0.25, 0.3) is 0 Å². The third kappa shape index (κ3) is 3.63. The molecular formula is C13H17N5OS. The number of nitrogens with two attached hydrogens (primary N) is 1. The zero-order valence-electron chi connectivity index (χ0n) is 11.4. The molecule has 0 atom stereocenters. The highest BCUT2D eigenvalue weighted by atomic mass is 32.1. The Labute approximate surface area is 121 Å². The maximum Gasteiger partial charge on any atom is 0.146 e. The minimum absolute atomic E-state index is 0.473. The van der Waals surface area contributed by atoms with Crippen molar-refractivity contribution in [3.8, 4) is 6.07 Å². The van der Waals surface area contributed by atoms with Crippen LogP contribution in [0.4, 0.5) is 5.82 Å². The number of aromatic nitrogens is 2. The number of rotatable bonds is 7. The quantitative estimate of drug-likeness (QED) is 0.834. The number of fused-ring (bicyclic) bond motifs is 1. The van der Waals surface area contributed by atoms with Gasteiger partial charge in [-0.15, -0.1) is 11.3 Å². The summed E-state index contributed by atoms with van der Waals surface area (Å²) in [4.78, 5) is 11.9. The van der Waals surface area contributed by atoms with Crippen LogP contribution in [0.1, 0.15) is 12.2 Å². The maximum absolute atomic E-state index is 8.71. The minimum atomic E-state index is 0.473. The Bertz CT molecular complexity index is 606. The first-order valence-corrected chi connectivity index (χ1v) is 7.20. The summed E-state index contributed by atoms with van der Waals surface area (Å²) in [5.41, 5.74) is 5.94. The van der Waals surface area contributed by atoms with E-state index in [1.54, 1.807) is 18.4 Å². The fraction of sp³-hybridized carbons (Fsp3) is 0.462. The second-order valence-corrected chi connectivity index (χ2v) is 5.24. The molecule has 6 nitrogen and oxygen atoms in total. The lowest BCUT2D eigenvalue weighted by Crippen LogP contribution is -2.29. The Hall–Kier alpha value is -1.75. The van der Waals surface area contributed by atoms with Crippen LogP contribution in [-0.4, -0.2) is 41.7 Å². The van der Waals surface area contributed by atoms with Gasteiger partial charge in [-0.05, 0) is 11.4 Å². The average molecular weight is 291 g/mol. The molecule has 2 heterocycles. The highest BCUT2D eigenvalue weighted by Gasteiger charge is 2.11. The van der Waals surface area contributed by atoms with E-state index in [4.69, 9.17) is 15.7 Å². The molecule has 0 unspecified atom stereocenters. The molecule has 2 N–H and O–H groups in total. The van der Waals surface area contributed by atoms with Crippen molar-refractivity contribution in [2.75, 3.05) is 32.5 Å². The number of nitrogens with zero attached hydrogens (tertiary/aromatic N) is 4. The summed E-state index contributed by atoms with van der Waals surface area (Å²) in [7, 11) is 1.66. The molecule has 0 aliphatic carbocycles. The van der Waals surface area contributed by atoms with Crippen molar-refractivity contribution in [3.63, 3.8) is 0 Å². The molecule has 0 fully saturated rings. The topological polar surface area (TPSA) is 88.1 Å². The van der Waals surface area contributed by atoms with Gasteiger partial charge in [-0.1, -0.05) is 0 Å². The lowest BCUT2D eigenvalue weighted by Gasteiger charge is -2.19. The van der Waals surface area contributed by atoms with Gasteiger partial charge in [-0.2, -0.15) is 5.26 Å². The van der Waals surface area contributed by atoms with Crippen molar-refractivity contribution < 1.29 is 4.74 Å². The van der Waals surface area contributed by atoms with Crippen molar-refractivity contribution in [2.45, 2.75) is 13.0 Å². The van der Waals surface area contributed by atoms with Gasteiger partial charge >= 0.3 is 0 Å². The molecule has 0 aliphatic heterocycles. The molecule has 106 valence electrons. The van der Waals surface area contributed by atoms with Crippen molar-refractivity contribution in [3.05, 3.63) is 17.3 Å². The Morgan fingerprint density at radius 3 is 3.05 bits per heavy atom. The molecular weight excluding hydrogens is 274 g/mol. The molecule has 0 bridgehead atoms. The normalized spacial score (nSPS) is 11.1. The second-order valence-electron chi connectivity index (χ2n) is 4.34. The Kier molecular flexibility index (Phi) is 5.24. The standard InChI is InChI=1S/C13H17N5OS/c1-19-7-6-18(5-2-4-14)9-11-16-12(15)10-3-8-20-13(10)17-11/h3,8H,2,5-7,9H2,1H3,(H2,15,16,17). The fourth-order valence-corrected chi connectivity index (χ4v) is 2.68. The third-order valence-electron chi connectivity index (χ3n) is 2.92. The minimum Gasteiger partial charge on any atom is -0.383 e. The molecule has 0 spiro atoms. The van der Waals surface area contributed by atoms with E-state index in [2.05, 4.69) is 20.9 Å². The summed E-state index contributed by atoms with van der Waals surface area (Å²) in [5, 5.41) is 11.6. The largest absolute Gasteiger partial charge is 0.383 e. The number of nitriles is 1. The molecule has 0 aliphatic rings. The van der Waals surface area contributed by atoms with Crippen LogP contribution in [0.5, 0.6) is 0 Å². The van der Waals surface area contributed by atoms with Gasteiger partial charge in [0.05, 0.1) is 24.6 Å². The second kappa shape index (κ2) is 7.14. The summed E-state index contributed by atoms with van der Waals surface area (Å²) >= 11 is 1.55. The van der Waals surface area contributed by atoms with Crippen molar-refractivity contribution >= 4 is 27.4 Å². The zero-order chi connectivity index (χ0) is 14.4. The van der Waals surface area contributed by atoms with E-state index in [1.807, 2.05) is 11.4 Å². The smallest absolute Gasteiger partial charge is 0.146 e. The lowest BCUT2D eigenvalue weighted by atomic mass is 10.3. The summed E-state index contributed by atoms with van der Waals surface area (Å²) in [6.45, 7) is 2.60. The average Bonchev–Trinajstić information content (AvgIpc) is 2.90. The van der Waals surface area contributed by atoms with Crippen molar-refractivity contribution in [1.29, 1.82) is 5.26 Å². The molecule has 2 aromatic heterocycles. The van der Waals surface area contributed by atoms with E-state index in [0.717, 1.165) is 16.8 Å². The summed E-state index contributed by atoms with van der Waals surface area (Å²) < 4.78 is 5.08. The summed E-state index contributed by atoms with van der Waals surface area (Å²) in [6.07, 6.45) is 0.473. The number of nitrogen functional groups attached to an aromatic ring is 1. The Balaban J connectivity index is 2.12. The van der Waals surface area contributed by atoms with Gasteiger partial charge in [0.15, 0.2) is 0 Å². The molecule has 0 saturated carbocycles. The van der Waals surface area contributed by atoms with Crippen LogP contribution in [-0.2, 0) is 11.3 Å². The van der Waals surface area contributed by atoms with E-state index < -0.39 is 0 Å². The fourth-order valence-electron chi connectivity index (χ4n) is 1.89.